The van der Waals surface area contributed by atoms with Crippen molar-refractivity contribution in [3.8, 4) is 0 Å². The van der Waals surface area contributed by atoms with Gasteiger partial charge in [-0.05, 0) is 24.3 Å². The van der Waals surface area contributed by atoms with Crippen LogP contribution in [0.1, 0.15) is 10.4 Å². The number of nitrogens with one attached hydrogen (secondary N) is 1. The lowest BCUT2D eigenvalue weighted by atomic mass is 10.2. The highest BCUT2D eigenvalue weighted by Crippen LogP contribution is 2.37. The number of hydrogen-bond donors (Lipinski definition) is 1. The van der Waals surface area contributed by atoms with Crippen LogP contribution in [-0.4, -0.2) is 11.7 Å². The number of rotatable bonds is 4. The number of anilines is 1. The molecule has 0 saturated carbocycles. The van der Waals surface area contributed by atoms with Crippen LogP contribution in [0.25, 0.3) is 0 Å². The van der Waals surface area contributed by atoms with Gasteiger partial charge in [0.05, 0.1) is 26.2 Å². The summed E-state index contributed by atoms with van der Waals surface area (Å²) in [6.07, 6.45) is 0. The van der Waals surface area contributed by atoms with Crippen LogP contribution in [0.5, 0.6) is 0 Å². The zero-order valence-electron chi connectivity index (χ0n) is 10.4. The fourth-order valence-corrected chi connectivity index (χ4v) is 2.79. The molecule has 0 radical (unpaired) electrons. The highest BCUT2D eigenvalue weighted by atomic mass is 35.5. The Morgan fingerprint density at radius 3 is 2.38 bits per heavy atom. The average molecular weight is 348 g/mol. The van der Waals surface area contributed by atoms with E-state index in [1.54, 1.807) is 30.3 Å². The van der Waals surface area contributed by atoms with E-state index in [0.29, 0.717) is 0 Å². The van der Waals surface area contributed by atoms with Gasteiger partial charge in [0.2, 0.25) is 0 Å². The molecule has 2 rings (SSSR count). The van der Waals surface area contributed by atoms with Gasteiger partial charge in [-0.3, -0.25) is 4.79 Å². The average Bonchev–Trinajstić information content (AvgIpc) is 2.42. The Hall–Kier alpha value is -1.30. The Balaban J connectivity index is 2.29. The van der Waals surface area contributed by atoms with Gasteiger partial charge in [-0.2, -0.15) is 8.78 Å². The maximum absolute atomic E-state index is 12.6. The summed E-state index contributed by atoms with van der Waals surface area (Å²) in [6, 6.07) is 11.0. The van der Waals surface area contributed by atoms with Crippen molar-refractivity contribution in [2.75, 3.05) is 5.32 Å². The van der Waals surface area contributed by atoms with E-state index in [0.717, 1.165) is 0 Å². The molecule has 0 aromatic heterocycles. The number of hydrogen-bond acceptors (Lipinski definition) is 2. The number of carbonyl (C=O) groups is 1. The Morgan fingerprint density at radius 1 is 1.05 bits per heavy atom. The van der Waals surface area contributed by atoms with Gasteiger partial charge in [0.25, 0.3) is 11.7 Å². The largest absolute Gasteiger partial charge is 0.321 e. The first-order valence-corrected chi connectivity index (χ1v) is 7.42. The number of thioether (sulfide) groups is 1. The molecule has 2 aromatic carbocycles. The number of carbonyl (C=O) groups excluding carboxylic acids is 1. The first-order chi connectivity index (χ1) is 9.99. The highest BCUT2D eigenvalue weighted by molar-refractivity contribution is 7.99. The minimum absolute atomic E-state index is 0.120. The molecular weight excluding hydrogens is 339 g/mol. The van der Waals surface area contributed by atoms with Gasteiger partial charge in [-0.1, -0.05) is 53.2 Å². The molecule has 1 N–H and O–H groups in total. The molecule has 0 bridgehead atoms. The van der Waals surface area contributed by atoms with Crippen LogP contribution < -0.4 is 5.32 Å². The summed E-state index contributed by atoms with van der Waals surface area (Å²) in [5.41, 5.74) is 0.477. The molecule has 0 fully saturated rings. The second kappa shape index (κ2) is 7.11. The zero-order chi connectivity index (χ0) is 15.4. The predicted octanol–water partition coefficient (Wildman–Crippen LogP) is 5.56. The molecule has 0 saturated heterocycles. The molecule has 1 amide bonds. The first-order valence-electron chi connectivity index (χ1n) is 5.78. The van der Waals surface area contributed by atoms with Gasteiger partial charge < -0.3 is 5.32 Å². The van der Waals surface area contributed by atoms with Crippen LogP contribution in [0.3, 0.4) is 0 Å². The van der Waals surface area contributed by atoms with Gasteiger partial charge in [0, 0.05) is 0 Å². The molecule has 0 aliphatic rings. The summed E-state index contributed by atoms with van der Waals surface area (Å²) in [5.74, 6) is -3.13. The summed E-state index contributed by atoms with van der Waals surface area (Å²) < 4.78 is 25.2. The molecule has 0 aliphatic carbocycles. The summed E-state index contributed by atoms with van der Waals surface area (Å²) >= 11 is 12.1. The van der Waals surface area contributed by atoms with Crippen LogP contribution in [0.2, 0.25) is 10.0 Å². The molecule has 0 unspecified atom stereocenters. The molecule has 0 atom stereocenters. The van der Waals surface area contributed by atoms with Crippen molar-refractivity contribution in [1.82, 2.24) is 0 Å². The van der Waals surface area contributed by atoms with Crippen LogP contribution in [0.4, 0.5) is 14.5 Å². The number of halogens is 4. The van der Waals surface area contributed by atoms with Crippen molar-refractivity contribution in [2.24, 2.45) is 0 Å². The van der Waals surface area contributed by atoms with E-state index in [9.17, 15) is 13.6 Å². The van der Waals surface area contributed by atoms with E-state index in [4.69, 9.17) is 23.2 Å². The predicted molar refractivity (Wildman–Crippen MR) is 82.7 cm³/mol. The molecule has 2 nitrogen and oxygen atoms in total. The molecule has 0 spiro atoms. The fraction of sp³-hybridized carbons (Fsp3) is 0.0714. The molecule has 7 heteroatoms. The van der Waals surface area contributed by atoms with Crippen molar-refractivity contribution in [1.29, 1.82) is 0 Å². The molecule has 21 heavy (non-hydrogen) atoms. The van der Waals surface area contributed by atoms with Crippen molar-refractivity contribution in [2.45, 2.75) is 10.7 Å². The quantitative estimate of drug-likeness (QED) is 0.733. The maximum atomic E-state index is 12.6. The normalized spacial score (nSPS) is 10.7. The minimum Gasteiger partial charge on any atom is -0.321 e. The Labute approximate surface area is 134 Å². The van der Waals surface area contributed by atoms with Crippen LogP contribution in [-0.2, 0) is 0 Å². The third kappa shape index (κ3) is 4.09. The fourth-order valence-electron chi connectivity index (χ4n) is 1.65. The maximum Gasteiger partial charge on any atom is 0.289 e. The standard InChI is InChI=1S/C14H9Cl2F2NOS/c15-9-5-2-1-4-8(9)13(20)19-11-7-3-6-10(16)12(11)21-14(17)18/h1-7,14H,(H,19,20). The lowest BCUT2D eigenvalue weighted by molar-refractivity contribution is 0.102. The molecular formula is C14H9Cl2F2NOS. The van der Waals surface area contributed by atoms with Gasteiger partial charge in [-0.15, -0.1) is 0 Å². The zero-order valence-corrected chi connectivity index (χ0v) is 12.8. The minimum atomic E-state index is -2.64. The monoisotopic (exact) mass is 347 g/mol. The number of alkyl halides is 2. The van der Waals surface area contributed by atoms with E-state index in [-0.39, 0.29) is 38.0 Å². The lowest BCUT2D eigenvalue weighted by Crippen LogP contribution is -2.13. The van der Waals surface area contributed by atoms with Crippen LogP contribution in [0.15, 0.2) is 47.4 Å². The Kier molecular flexibility index (Phi) is 5.45. The van der Waals surface area contributed by atoms with E-state index in [2.05, 4.69) is 5.32 Å². The summed E-state index contributed by atoms with van der Waals surface area (Å²) in [4.78, 5) is 12.3. The van der Waals surface area contributed by atoms with Crippen molar-refractivity contribution in [3.05, 3.63) is 58.1 Å². The second-order valence-electron chi connectivity index (χ2n) is 3.93. The third-order valence-electron chi connectivity index (χ3n) is 2.54. The topological polar surface area (TPSA) is 29.1 Å². The van der Waals surface area contributed by atoms with Crippen LogP contribution in [0, 0.1) is 0 Å². The van der Waals surface area contributed by atoms with Crippen molar-refractivity contribution < 1.29 is 13.6 Å². The SMILES string of the molecule is O=C(Nc1cccc(Cl)c1SC(F)F)c1ccccc1Cl. The van der Waals surface area contributed by atoms with Crippen LogP contribution >= 0.6 is 35.0 Å². The molecule has 0 heterocycles. The van der Waals surface area contributed by atoms with E-state index < -0.39 is 11.7 Å². The van der Waals surface area contributed by atoms with Gasteiger partial charge in [0.1, 0.15) is 0 Å². The molecule has 0 aliphatic heterocycles. The molecule has 110 valence electrons. The van der Waals surface area contributed by atoms with E-state index in [1.807, 2.05) is 0 Å². The van der Waals surface area contributed by atoms with Gasteiger partial charge in [-0.25, -0.2) is 0 Å². The number of benzene rings is 2. The molecule has 2 aromatic rings. The Morgan fingerprint density at radius 2 is 1.71 bits per heavy atom. The first kappa shape index (κ1) is 16.1. The van der Waals surface area contributed by atoms with Crippen molar-refractivity contribution >= 4 is 46.6 Å². The van der Waals surface area contributed by atoms with E-state index in [1.165, 1.54) is 12.1 Å². The Bertz CT molecular complexity index is 667. The summed E-state index contributed by atoms with van der Waals surface area (Å²) in [5, 5.41) is 2.98. The number of amides is 1. The summed E-state index contributed by atoms with van der Waals surface area (Å²) in [7, 11) is 0. The van der Waals surface area contributed by atoms with E-state index >= 15 is 0 Å². The van der Waals surface area contributed by atoms with Gasteiger partial charge in [0.15, 0.2) is 0 Å². The lowest BCUT2D eigenvalue weighted by Gasteiger charge is -2.12. The highest BCUT2D eigenvalue weighted by Gasteiger charge is 2.17. The van der Waals surface area contributed by atoms with Crippen molar-refractivity contribution in [3.63, 3.8) is 0 Å². The summed E-state index contributed by atoms with van der Waals surface area (Å²) in [6.45, 7) is 0. The second-order valence-corrected chi connectivity index (χ2v) is 5.74. The smallest absolute Gasteiger partial charge is 0.289 e. The van der Waals surface area contributed by atoms with Gasteiger partial charge >= 0.3 is 0 Å². The third-order valence-corrected chi connectivity index (χ3v) is 4.15.